The third-order valence-electron chi connectivity index (χ3n) is 6.86. The molecular formula is C27H26ClN3O2S. The van der Waals surface area contributed by atoms with Crippen LogP contribution in [0.3, 0.4) is 0 Å². The van der Waals surface area contributed by atoms with Crippen LogP contribution in [-0.4, -0.2) is 16.7 Å². The van der Waals surface area contributed by atoms with Gasteiger partial charge in [0.2, 0.25) is 5.91 Å². The number of nitrogens with one attached hydrogen (secondary N) is 2. The van der Waals surface area contributed by atoms with Crippen LogP contribution in [0.2, 0.25) is 5.02 Å². The monoisotopic (exact) mass is 491 g/mol. The molecule has 0 unspecified atom stereocenters. The second-order valence-electron chi connectivity index (χ2n) is 9.15. The van der Waals surface area contributed by atoms with Gasteiger partial charge in [0.05, 0.1) is 11.7 Å². The summed E-state index contributed by atoms with van der Waals surface area (Å²) in [6, 6.07) is 18.9. The first kappa shape index (κ1) is 22.7. The fourth-order valence-corrected chi connectivity index (χ4v) is 5.53. The summed E-state index contributed by atoms with van der Waals surface area (Å²) in [6.07, 6.45) is 0. The lowest BCUT2D eigenvalue weighted by atomic mass is 9.78. The summed E-state index contributed by atoms with van der Waals surface area (Å²) in [5, 5.41) is 7.68. The maximum Gasteiger partial charge on any atom is 0.236 e. The van der Waals surface area contributed by atoms with Crippen LogP contribution in [0.4, 0.5) is 11.4 Å². The zero-order chi connectivity index (χ0) is 24.2. The number of hydrogen-bond acceptors (Lipinski definition) is 3. The molecule has 0 aliphatic carbocycles. The number of nitrogens with zero attached hydrogens (tertiary/aromatic N) is 1. The van der Waals surface area contributed by atoms with Gasteiger partial charge in [0, 0.05) is 16.3 Å². The first-order valence-corrected chi connectivity index (χ1v) is 12.0. The molecule has 1 saturated heterocycles. The minimum Gasteiger partial charge on any atom is -0.467 e. The number of halogens is 1. The molecule has 7 heteroatoms. The Bertz CT molecular complexity index is 1310. The van der Waals surface area contributed by atoms with Crippen molar-refractivity contribution in [1.82, 2.24) is 5.32 Å². The van der Waals surface area contributed by atoms with Gasteiger partial charge in [0.15, 0.2) is 10.8 Å². The zero-order valence-corrected chi connectivity index (χ0v) is 21.1. The van der Waals surface area contributed by atoms with Crippen molar-refractivity contribution in [1.29, 1.82) is 0 Å². The molecule has 2 N–H and O–H groups in total. The van der Waals surface area contributed by atoms with Crippen LogP contribution in [0.15, 0.2) is 60.7 Å². The van der Waals surface area contributed by atoms with Gasteiger partial charge in [-0.25, -0.2) is 0 Å². The number of hydrogen-bond donors (Lipinski definition) is 2. The standard InChI is InChI=1S/C27H26ClN3O2S/c1-15-8-13-22-20(14-15)24-23(25(32)29-19-11-9-18(28)10-12-19)27(4,33-22)31(26(34)30-24)21-7-5-6-16(2)17(21)3/h5-14,23-24H,1-4H3,(H,29,32)(H,30,34)/t23-,24+,27-/m0/s1. The van der Waals surface area contributed by atoms with Crippen molar-refractivity contribution in [2.45, 2.75) is 39.5 Å². The maximum atomic E-state index is 13.9. The predicted octanol–water partition coefficient (Wildman–Crippen LogP) is 6.06. The number of thiocarbonyl (C=S) groups is 1. The van der Waals surface area contributed by atoms with Crippen LogP contribution in [0.5, 0.6) is 5.75 Å². The molecule has 0 radical (unpaired) electrons. The summed E-state index contributed by atoms with van der Waals surface area (Å²) in [6.45, 7) is 8.10. The quantitative estimate of drug-likeness (QED) is 0.436. The fourth-order valence-electron chi connectivity index (χ4n) is 5.00. The fraction of sp³-hybridized carbons (Fsp3) is 0.259. The topological polar surface area (TPSA) is 53.6 Å². The highest BCUT2D eigenvalue weighted by Crippen LogP contribution is 2.50. The number of fused-ring (bicyclic) bond motifs is 4. The second-order valence-corrected chi connectivity index (χ2v) is 9.98. The molecule has 5 rings (SSSR count). The molecule has 2 aliphatic rings. The Morgan fingerprint density at radius 1 is 1.12 bits per heavy atom. The third kappa shape index (κ3) is 3.62. The predicted molar refractivity (Wildman–Crippen MR) is 141 cm³/mol. The Balaban J connectivity index is 1.65. The van der Waals surface area contributed by atoms with E-state index in [1.165, 1.54) is 0 Å². The summed E-state index contributed by atoms with van der Waals surface area (Å²) < 4.78 is 6.68. The van der Waals surface area contributed by atoms with Crippen LogP contribution < -0.4 is 20.3 Å². The highest BCUT2D eigenvalue weighted by molar-refractivity contribution is 7.80. The van der Waals surface area contributed by atoms with Gasteiger partial charge in [0.25, 0.3) is 0 Å². The van der Waals surface area contributed by atoms with E-state index in [2.05, 4.69) is 36.6 Å². The Hall–Kier alpha value is -3.09. The van der Waals surface area contributed by atoms with E-state index in [-0.39, 0.29) is 11.9 Å². The number of benzene rings is 3. The average molecular weight is 492 g/mol. The van der Waals surface area contributed by atoms with Crippen LogP contribution in [0.25, 0.3) is 0 Å². The Morgan fingerprint density at radius 2 is 1.85 bits per heavy atom. The van der Waals surface area contributed by atoms with Gasteiger partial charge in [0.1, 0.15) is 11.7 Å². The summed E-state index contributed by atoms with van der Waals surface area (Å²) in [7, 11) is 0. The molecule has 3 aromatic rings. The van der Waals surface area contributed by atoms with E-state index in [1.807, 2.05) is 43.0 Å². The van der Waals surface area contributed by atoms with Crippen molar-refractivity contribution in [3.8, 4) is 5.75 Å². The van der Waals surface area contributed by atoms with E-state index in [1.54, 1.807) is 24.3 Å². The van der Waals surface area contributed by atoms with Crippen LogP contribution in [-0.2, 0) is 4.79 Å². The molecule has 2 bridgehead atoms. The van der Waals surface area contributed by atoms with Crippen molar-refractivity contribution < 1.29 is 9.53 Å². The van der Waals surface area contributed by atoms with Gasteiger partial charge in [-0.15, -0.1) is 0 Å². The molecule has 2 heterocycles. The summed E-state index contributed by atoms with van der Waals surface area (Å²) in [5.74, 6) is -0.00433. The minimum atomic E-state index is -1.05. The Morgan fingerprint density at radius 3 is 2.59 bits per heavy atom. The van der Waals surface area contributed by atoms with Crippen molar-refractivity contribution in [2.24, 2.45) is 5.92 Å². The first-order valence-electron chi connectivity index (χ1n) is 11.2. The van der Waals surface area contributed by atoms with Crippen LogP contribution >= 0.6 is 23.8 Å². The van der Waals surface area contributed by atoms with E-state index in [0.717, 1.165) is 33.7 Å². The number of carbonyl (C=O) groups excluding carboxylic acids is 1. The molecule has 3 aromatic carbocycles. The molecule has 34 heavy (non-hydrogen) atoms. The number of amides is 1. The van der Waals surface area contributed by atoms with Gasteiger partial charge >= 0.3 is 0 Å². The molecule has 2 aliphatic heterocycles. The van der Waals surface area contributed by atoms with Crippen molar-refractivity contribution in [3.05, 3.63) is 87.9 Å². The van der Waals surface area contributed by atoms with E-state index in [0.29, 0.717) is 15.8 Å². The van der Waals surface area contributed by atoms with Crippen LogP contribution in [0.1, 0.15) is 35.2 Å². The third-order valence-corrected chi connectivity index (χ3v) is 7.42. The lowest BCUT2D eigenvalue weighted by Gasteiger charge is -2.56. The molecule has 5 nitrogen and oxygen atoms in total. The van der Waals surface area contributed by atoms with Crippen molar-refractivity contribution >= 4 is 46.2 Å². The number of aryl methyl sites for hydroxylation is 2. The zero-order valence-electron chi connectivity index (χ0n) is 19.5. The summed E-state index contributed by atoms with van der Waals surface area (Å²) in [5.41, 5.74) is 4.78. The first-order chi connectivity index (χ1) is 16.2. The molecular weight excluding hydrogens is 466 g/mol. The molecule has 174 valence electrons. The SMILES string of the molecule is Cc1ccc2c(c1)[C@H]1NC(=S)N(c3cccc(C)c3C)[C@@](C)(O2)[C@@H]1C(=O)Nc1ccc(Cl)cc1. The lowest BCUT2D eigenvalue weighted by molar-refractivity contribution is -0.130. The van der Waals surface area contributed by atoms with E-state index >= 15 is 0 Å². The smallest absolute Gasteiger partial charge is 0.236 e. The lowest BCUT2D eigenvalue weighted by Crippen LogP contribution is -2.72. The highest BCUT2D eigenvalue weighted by Gasteiger charge is 2.59. The molecule has 0 spiro atoms. The molecule has 1 fully saturated rings. The van der Waals surface area contributed by atoms with Crippen LogP contribution in [0, 0.1) is 26.7 Å². The largest absolute Gasteiger partial charge is 0.467 e. The number of anilines is 2. The minimum absolute atomic E-state index is 0.160. The maximum absolute atomic E-state index is 13.9. The highest BCUT2D eigenvalue weighted by atomic mass is 35.5. The second kappa shape index (κ2) is 8.29. The summed E-state index contributed by atoms with van der Waals surface area (Å²) in [4.78, 5) is 15.8. The average Bonchev–Trinajstić information content (AvgIpc) is 2.78. The van der Waals surface area contributed by atoms with Gasteiger partial charge in [-0.1, -0.05) is 41.4 Å². The number of carbonyl (C=O) groups is 1. The van der Waals surface area contributed by atoms with Gasteiger partial charge in [-0.3, -0.25) is 9.69 Å². The molecule has 3 atom stereocenters. The van der Waals surface area contributed by atoms with Gasteiger partial charge in [-0.2, -0.15) is 0 Å². The van der Waals surface area contributed by atoms with E-state index in [4.69, 9.17) is 28.6 Å². The van der Waals surface area contributed by atoms with Gasteiger partial charge < -0.3 is 15.4 Å². The Labute approximate surface area is 210 Å². The molecule has 0 aromatic heterocycles. The Kier molecular flexibility index (Phi) is 5.53. The molecule has 0 saturated carbocycles. The van der Waals surface area contributed by atoms with E-state index < -0.39 is 11.6 Å². The van der Waals surface area contributed by atoms with Crippen molar-refractivity contribution in [3.63, 3.8) is 0 Å². The molecule has 1 amide bonds. The van der Waals surface area contributed by atoms with Crippen molar-refractivity contribution in [2.75, 3.05) is 10.2 Å². The number of ether oxygens (including phenoxy) is 1. The normalized spacial score (nSPS) is 23.0. The summed E-state index contributed by atoms with van der Waals surface area (Å²) >= 11 is 11.9. The van der Waals surface area contributed by atoms with E-state index in [9.17, 15) is 4.79 Å². The number of rotatable bonds is 3. The van der Waals surface area contributed by atoms with Gasteiger partial charge in [-0.05, 0) is 87.4 Å².